The maximum Gasteiger partial charge on any atom is 0.235 e. The van der Waals surface area contributed by atoms with Gasteiger partial charge in [-0.15, -0.1) is 11.3 Å². The van der Waals surface area contributed by atoms with Crippen LogP contribution in [0.4, 0.5) is 5.69 Å². The van der Waals surface area contributed by atoms with Gasteiger partial charge >= 0.3 is 0 Å². The van der Waals surface area contributed by atoms with Gasteiger partial charge in [-0.3, -0.25) is 9.29 Å². The van der Waals surface area contributed by atoms with Crippen LogP contribution >= 0.6 is 11.3 Å². The quantitative estimate of drug-likeness (QED) is 0.299. The Hall–Kier alpha value is -3.36. The number of nitrogens with zero attached hydrogens (tertiary/aromatic N) is 2. The van der Waals surface area contributed by atoms with Crippen molar-refractivity contribution in [1.29, 1.82) is 0 Å². The third kappa shape index (κ3) is 5.46. The van der Waals surface area contributed by atoms with Gasteiger partial charge in [-0.2, -0.15) is 0 Å². The number of anilines is 1. The van der Waals surface area contributed by atoms with Crippen molar-refractivity contribution in [3.63, 3.8) is 0 Å². The summed E-state index contributed by atoms with van der Waals surface area (Å²) in [6.45, 7) is 1.80. The number of pyridine rings is 1. The van der Waals surface area contributed by atoms with Crippen molar-refractivity contribution < 1.29 is 17.9 Å². The van der Waals surface area contributed by atoms with Gasteiger partial charge in [-0.1, -0.05) is 6.07 Å². The molecule has 0 fully saturated rings. The van der Waals surface area contributed by atoms with Crippen LogP contribution in [0, 0.1) is 0 Å². The molecule has 0 N–H and O–H groups in total. The SMILES string of the molecule is CCS(=O)(=O)N(Cc1ccccn1)c1ccc(Oc2ccc(Oc3ccsc3)cc2)cc1. The molecular formula is C24H22N2O4S2. The van der Waals surface area contributed by atoms with Crippen LogP contribution in [0.25, 0.3) is 0 Å². The van der Waals surface area contributed by atoms with E-state index < -0.39 is 10.0 Å². The molecule has 0 spiro atoms. The van der Waals surface area contributed by atoms with Gasteiger partial charge in [-0.25, -0.2) is 8.42 Å². The number of aromatic nitrogens is 1. The van der Waals surface area contributed by atoms with Gasteiger partial charge in [-0.05, 0) is 79.0 Å². The van der Waals surface area contributed by atoms with Gasteiger partial charge in [0.05, 0.1) is 23.7 Å². The largest absolute Gasteiger partial charge is 0.457 e. The molecule has 164 valence electrons. The Morgan fingerprint density at radius 1 is 0.844 bits per heavy atom. The van der Waals surface area contributed by atoms with E-state index in [4.69, 9.17) is 9.47 Å². The van der Waals surface area contributed by atoms with Crippen molar-refractivity contribution in [2.24, 2.45) is 0 Å². The number of hydrogen-bond acceptors (Lipinski definition) is 6. The van der Waals surface area contributed by atoms with E-state index in [2.05, 4.69) is 4.98 Å². The van der Waals surface area contributed by atoms with Crippen molar-refractivity contribution in [3.05, 3.63) is 95.4 Å². The van der Waals surface area contributed by atoms with Crippen LogP contribution in [0.1, 0.15) is 12.6 Å². The van der Waals surface area contributed by atoms with Gasteiger partial charge in [0.25, 0.3) is 0 Å². The Morgan fingerprint density at radius 2 is 1.47 bits per heavy atom. The van der Waals surface area contributed by atoms with E-state index in [0.717, 1.165) is 11.5 Å². The van der Waals surface area contributed by atoms with Gasteiger partial charge in [0.2, 0.25) is 10.0 Å². The fourth-order valence-corrected chi connectivity index (χ4v) is 4.62. The van der Waals surface area contributed by atoms with Crippen LogP contribution in [0.15, 0.2) is 89.8 Å². The number of thiophene rings is 1. The molecule has 0 amide bonds. The highest BCUT2D eigenvalue weighted by atomic mass is 32.2. The summed E-state index contributed by atoms with van der Waals surface area (Å²) in [7, 11) is -3.47. The third-order valence-electron chi connectivity index (χ3n) is 4.65. The molecule has 2 heterocycles. The van der Waals surface area contributed by atoms with Gasteiger partial charge in [0, 0.05) is 11.6 Å². The van der Waals surface area contributed by atoms with Crippen LogP contribution in [-0.2, 0) is 16.6 Å². The second-order valence-corrected chi connectivity index (χ2v) is 9.82. The Kier molecular flexibility index (Phi) is 6.72. The normalized spacial score (nSPS) is 11.2. The van der Waals surface area contributed by atoms with Gasteiger partial charge in [0.15, 0.2) is 0 Å². The molecule has 8 heteroatoms. The minimum Gasteiger partial charge on any atom is -0.457 e. The summed E-state index contributed by atoms with van der Waals surface area (Å²) >= 11 is 1.58. The van der Waals surface area contributed by atoms with Crippen LogP contribution in [-0.4, -0.2) is 19.2 Å². The number of hydrogen-bond donors (Lipinski definition) is 0. The van der Waals surface area contributed by atoms with Crippen molar-refractivity contribution in [2.75, 3.05) is 10.1 Å². The lowest BCUT2D eigenvalue weighted by atomic mass is 10.2. The maximum absolute atomic E-state index is 12.7. The highest BCUT2D eigenvalue weighted by molar-refractivity contribution is 7.92. The highest BCUT2D eigenvalue weighted by Crippen LogP contribution is 2.29. The van der Waals surface area contributed by atoms with Crippen molar-refractivity contribution in [1.82, 2.24) is 4.98 Å². The number of rotatable bonds is 9. The standard InChI is InChI=1S/C24H22N2O4S2/c1-2-32(27,28)26(17-19-5-3-4-15-25-19)20-6-8-21(9-7-20)29-22-10-12-23(13-11-22)30-24-14-16-31-18-24/h3-16,18H,2,17H2,1H3. The first-order valence-electron chi connectivity index (χ1n) is 10.0. The summed E-state index contributed by atoms with van der Waals surface area (Å²) in [6.07, 6.45) is 1.65. The Labute approximate surface area is 191 Å². The van der Waals surface area contributed by atoms with Crippen LogP contribution in [0.3, 0.4) is 0 Å². The fraction of sp³-hybridized carbons (Fsp3) is 0.125. The topological polar surface area (TPSA) is 68.7 Å². The first-order chi connectivity index (χ1) is 15.5. The summed E-state index contributed by atoms with van der Waals surface area (Å²) in [5, 5.41) is 3.89. The van der Waals surface area contributed by atoms with E-state index in [-0.39, 0.29) is 12.3 Å². The number of sulfonamides is 1. The molecule has 4 rings (SSSR count). The molecule has 0 aliphatic rings. The van der Waals surface area contributed by atoms with Gasteiger partial charge in [0.1, 0.15) is 23.0 Å². The predicted molar refractivity (Wildman–Crippen MR) is 127 cm³/mol. The van der Waals surface area contributed by atoms with E-state index in [9.17, 15) is 8.42 Å². The molecule has 4 aromatic rings. The summed E-state index contributed by atoms with van der Waals surface area (Å²) in [5.41, 5.74) is 1.24. The predicted octanol–water partition coefficient (Wildman–Crippen LogP) is 6.08. The van der Waals surface area contributed by atoms with Crippen LogP contribution in [0.2, 0.25) is 0 Å². The van der Waals surface area contributed by atoms with E-state index in [1.165, 1.54) is 4.31 Å². The molecular weight excluding hydrogens is 444 g/mol. The molecule has 0 saturated heterocycles. The summed E-state index contributed by atoms with van der Waals surface area (Å²) in [6, 6.07) is 21.7. The molecule has 0 bridgehead atoms. The summed E-state index contributed by atoms with van der Waals surface area (Å²) in [5.74, 6) is 2.78. The first-order valence-corrected chi connectivity index (χ1v) is 12.6. The Bertz CT molecular complexity index is 1230. The average Bonchev–Trinajstić information content (AvgIpc) is 3.33. The molecule has 0 atom stereocenters. The molecule has 0 unspecified atom stereocenters. The lowest BCUT2D eigenvalue weighted by Gasteiger charge is -2.23. The van der Waals surface area contributed by atoms with E-state index in [0.29, 0.717) is 22.9 Å². The lowest BCUT2D eigenvalue weighted by molar-refractivity contribution is 0.470. The average molecular weight is 467 g/mol. The third-order valence-corrected chi connectivity index (χ3v) is 7.05. The Balaban J connectivity index is 1.47. The van der Waals surface area contributed by atoms with Crippen LogP contribution < -0.4 is 13.8 Å². The molecule has 6 nitrogen and oxygen atoms in total. The molecule has 2 aromatic heterocycles. The monoisotopic (exact) mass is 466 g/mol. The second-order valence-electron chi connectivity index (χ2n) is 6.86. The molecule has 2 aromatic carbocycles. The molecule has 0 radical (unpaired) electrons. The van der Waals surface area contributed by atoms with Crippen molar-refractivity contribution in [3.8, 4) is 23.0 Å². The van der Waals surface area contributed by atoms with Crippen molar-refractivity contribution in [2.45, 2.75) is 13.5 Å². The lowest BCUT2D eigenvalue weighted by Crippen LogP contribution is -2.32. The second kappa shape index (κ2) is 9.84. The van der Waals surface area contributed by atoms with E-state index >= 15 is 0 Å². The molecule has 32 heavy (non-hydrogen) atoms. The fourth-order valence-electron chi connectivity index (χ4n) is 2.98. The summed E-state index contributed by atoms with van der Waals surface area (Å²) < 4.78 is 38.4. The Morgan fingerprint density at radius 3 is 2.00 bits per heavy atom. The highest BCUT2D eigenvalue weighted by Gasteiger charge is 2.21. The van der Waals surface area contributed by atoms with Crippen LogP contribution in [0.5, 0.6) is 23.0 Å². The smallest absolute Gasteiger partial charge is 0.235 e. The zero-order valence-corrected chi connectivity index (χ0v) is 19.1. The minimum atomic E-state index is -3.47. The van der Waals surface area contributed by atoms with E-state index in [1.54, 1.807) is 60.9 Å². The van der Waals surface area contributed by atoms with Gasteiger partial charge < -0.3 is 9.47 Å². The number of ether oxygens (including phenoxy) is 2. The first kappa shape index (κ1) is 21.9. The molecule has 0 aliphatic heterocycles. The van der Waals surface area contributed by atoms with E-state index in [1.807, 2.05) is 47.2 Å². The molecule has 0 aliphatic carbocycles. The maximum atomic E-state index is 12.7. The summed E-state index contributed by atoms with van der Waals surface area (Å²) in [4.78, 5) is 4.26. The number of benzene rings is 2. The minimum absolute atomic E-state index is 0.00210. The van der Waals surface area contributed by atoms with Crippen molar-refractivity contribution >= 4 is 27.0 Å². The zero-order chi connectivity index (χ0) is 22.4. The zero-order valence-electron chi connectivity index (χ0n) is 17.4. The molecule has 0 saturated carbocycles.